The van der Waals surface area contributed by atoms with E-state index in [0.717, 1.165) is 22.3 Å². The predicted octanol–water partition coefficient (Wildman–Crippen LogP) is 3.02. The molecule has 0 aromatic heterocycles. The molecule has 0 aliphatic rings. The van der Waals surface area contributed by atoms with E-state index in [1.807, 2.05) is 39.0 Å². The summed E-state index contributed by atoms with van der Waals surface area (Å²) in [5.74, 6) is -0.614. The maximum Gasteiger partial charge on any atom is 0.324 e. The highest BCUT2D eigenvalue weighted by atomic mass is 32.2. The van der Waals surface area contributed by atoms with Gasteiger partial charge in [0.25, 0.3) is 0 Å². The van der Waals surface area contributed by atoms with Crippen LogP contribution < -0.4 is 4.72 Å². The number of esters is 1. The van der Waals surface area contributed by atoms with Gasteiger partial charge in [0.05, 0.1) is 4.90 Å². The summed E-state index contributed by atoms with van der Waals surface area (Å²) in [6.45, 7) is 7.35. The average molecular weight is 361 g/mol. The molecule has 25 heavy (non-hydrogen) atoms. The lowest BCUT2D eigenvalue weighted by Crippen LogP contribution is -2.39. The van der Waals surface area contributed by atoms with Crippen LogP contribution in [0, 0.1) is 20.8 Å². The second kappa shape index (κ2) is 7.80. The fourth-order valence-corrected chi connectivity index (χ4v) is 3.49. The van der Waals surface area contributed by atoms with E-state index in [9.17, 15) is 13.2 Å². The van der Waals surface area contributed by atoms with Crippen LogP contribution in [0.1, 0.15) is 29.2 Å². The van der Waals surface area contributed by atoms with E-state index in [4.69, 9.17) is 4.74 Å². The third kappa shape index (κ3) is 5.14. The fraction of sp³-hybridized carbons (Fsp3) is 0.316. The van der Waals surface area contributed by atoms with Crippen LogP contribution >= 0.6 is 0 Å². The van der Waals surface area contributed by atoms with Gasteiger partial charge >= 0.3 is 5.97 Å². The predicted molar refractivity (Wildman–Crippen MR) is 96.7 cm³/mol. The molecule has 1 atom stereocenters. The second-order valence-corrected chi connectivity index (χ2v) is 7.91. The third-order valence-corrected chi connectivity index (χ3v) is 5.45. The van der Waals surface area contributed by atoms with Crippen molar-refractivity contribution in [3.05, 3.63) is 64.7 Å². The Bertz CT molecular complexity index is 857. The average Bonchev–Trinajstić information content (AvgIpc) is 2.55. The summed E-state index contributed by atoms with van der Waals surface area (Å²) in [5.41, 5.74) is 3.96. The zero-order valence-corrected chi connectivity index (χ0v) is 15.7. The fourth-order valence-electron chi connectivity index (χ4n) is 2.30. The van der Waals surface area contributed by atoms with Crippen LogP contribution in [0.25, 0.3) is 0 Å². The molecule has 0 spiro atoms. The van der Waals surface area contributed by atoms with Gasteiger partial charge in [-0.05, 0) is 51.0 Å². The highest BCUT2D eigenvalue weighted by molar-refractivity contribution is 7.89. The van der Waals surface area contributed by atoms with E-state index in [-0.39, 0.29) is 11.5 Å². The monoisotopic (exact) mass is 361 g/mol. The van der Waals surface area contributed by atoms with Crippen molar-refractivity contribution < 1.29 is 17.9 Å². The van der Waals surface area contributed by atoms with Crippen molar-refractivity contribution >= 4 is 16.0 Å². The largest absolute Gasteiger partial charge is 0.460 e. The highest BCUT2D eigenvalue weighted by Crippen LogP contribution is 2.13. The van der Waals surface area contributed by atoms with E-state index in [2.05, 4.69) is 4.72 Å². The van der Waals surface area contributed by atoms with Gasteiger partial charge in [-0.1, -0.05) is 41.5 Å². The molecule has 0 saturated carbocycles. The molecule has 5 nitrogen and oxygen atoms in total. The quantitative estimate of drug-likeness (QED) is 0.803. The normalized spacial score (nSPS) is 12.6. The van der Waals surface area contributed by atoms with Gasteiger partial charge in [0, 0.05) is 0 Å². The van der Waals surface area contributed by atoms with Gasteiger partial charge in [0.1, 0.15) is 12.6 Å². The molecular weight excluding hydrogens is 338 g/mol. The van der Waals surface area contributed by atoms with E-state index in [0.29, 0.717) is 0 Å². The topological polar surface area (TPSA) is 72.5 Å². The van der Waals surface area contributed by atoms with Gasteiger partial charge in [0.15, 0.2) is 0 Å². The van der Waals surface area contributed by atoms with Gasteiger partial charge in [-0.2, -0.15) is 4.72 Å². The highest BCUT2D eigenvalue weighted by Gasteiger charge is 2.23. The first-order chi connectivity index (χ1) is 11.7. The van der Waals surface area contributed by atoms with Gasteiger partial charge in [0.2, 0.25) is 10.0 Å². The lowest BCUT2D eigenvalue weighted by Gasteiger charge is -2.15. The Hall–Kier alpha value is -2.18. The molecule has 0 saturated heterocycles. The van der Waals surface area contributed by atoms with Crippen LogP contribution in [0.3, 0.4) is 0 Å². The van der Waals surface area contributed by atoms with Crippen molar-refractivity contribution in [3.8, 4) is 0 Å². The molecule has 2 rings (SSSR count). The zero-order chi connectivity index (χ0) is 18.6. The number of benzene rings is 2. The number of hydrogen-bond donors (Lipinski definition) is 1. The lowest BCUT2D eigenvalue weighted by atomic mass is 10.1. The SMILES string of the molecule is Cc1ccc(S(=O)(=O)N[C@@H](C)C(=O)OCc2cc(C)ccc2C)cc1. The summed E-state index contributed by atoms with van der Waals surface area (Å²) in [7, 11) is -3.77. The van der Waals surface area contributed by atoms with Crippen molar-refractivity contribution in [3.63, 3.8) is 0 Å². The van der Waals surface area contributed by atoms with Crippen molar-refractivity contribution in [2.24, 2.45) is 0 Å². The number of rotatable bonds is 6. The van der Waals surface area contributed by atoms with Crippen molar-refractivity contribution in [2.75, 3.05) is 0 Å². The number of aryl methyl sites for hydroxylation is 3. The molecule has 0 aliphatic carbocycles. The molecule has 0 heterocycles. The third-order valence-electron chi connectivity index (χ3n) is 3.89. The number of hydrogen-bond acceptors (Lipinski definition) is 4. The molecule has 0 amide bonds. The van der Waals surface area contributed by atoms with E-state index in [1.165, 1.54) is 19.1 Å². The smallest absolute Gasteiger partial charge is 0.324 e. The summed E-state index contributed by atoms with van der Waals surface area (Å²) in [5, 5.41) is 0. The van der Waals surface area contributed by atoms with Crippen molar-refractivity contribution in [2.45, 2.75) is 45.2 Å². The van der Waals surface area contributed by atoms with Gasteiger partial charge in [-0.25, -0.2) is 8.42 Å². The minimum atomic E-state index is -3.77. The molecule has 2 aromatic rings. The van der Waals surface area contributed by atoms with Crippen molar-refractivity contribution in [1.82, 2.24) is 4.72 Å². The Morgan fingerprint density at radius 3 is 2.28 bits per heavy atom. The first kappa shape index (κ1) is 19.1. The summed E-state index contributed by atoms with van der Waals surface area (Å²) in [6, 6.07) is 11.3. The molecule has 2 aromatic carbocycles. The van der Waals surface area contributed by atoms with Crippen LogP contribution in [0.4, 0.5) is 0 Å². The van der Waals surface area contributed by atoms with Crippen molar-refractivity contribution in [1.29, 1.82) is 0 Å². The standard InChI is InChI=1S/C19H23NO4S/c1-13-6-9-18(10-7-13)25(22,23)20-16(4)19(21)24-12-17-11-14(2)5-8-15(17)3/h5-11,16,20H,12H2,1-4H3/t16-/m0/s1. The molecule has 134 valence electrons. The van der Waals surface area contributed by atoms with Crippen LogP contribution in [0.2, 0.25) is 0 Å². The van der Waals surface area contributed by atoms with Crippen LogP contribution in [-0.4, -0.2) is 20.4 Å². The Morgan fingerprint density at radius 2 is 1.64 bits per heavy atom. The number of carbonyl (C=O) groups is 1. The Labute approximate surface area is 149 Å². The molecular formula is C19H23NO4S. The van der Waals surface area contributed by atoms with E-state index >= 15 is 0 Å². The van der Waals surface area contributed by atoms with Gasteiger partial charge in [-0.15, -0.1) is 0 Å². The summed E-state index contributed by atoms with van der Waals surface area (Å²) < 4.78 is 32.2. The Morgan fingerprint density at radius 1 is 1.04 bits per heavy atom. The first-order valence-electron chi connectivity index (χ1n) is 8.01. The summed E-state index contributed by atoms with van der Waals surface area (Å²) in [6.07, 6.45) is 0. The van der Waals surface area contributed by atoms with Crippen LogP contribution in [0.5, 0.6) is 0 Å². The Balaban J connectivity index is 2.00. The summed E-state index contributed by atoms with van der Waals surface area (Å²) in [4.78, 5) is 12.2. The van der Waals surface area contributed by atoms with Crippen LogP contribution in [0.15, 0.2) is 47.4 Å². The van der Waals surface area contributed by atoms with Gasteiger partial charge in [-0.3, -0.25) is 4.79 Å². The molecule has 6 heteroatoms. The van der Waals surface area contributed by atoms with Crippen LogP contribution in [-0.2, 0) is 26.2 Å². The Kier molecular flexibility index (Phi) is 5.98. The molecule has 1 N–H and O–H groups in total. The lowest BCUT2D eigenvalue weighted by molar-refractivity contribution is -0.146. The molecule has 0 bridgehead atoms. The summed E-state index contributed by atoms with van der Waals surface area (Å²) >= 11 is 0. The second-order valence-electron chi connectivity index (χ2n) is 6.19. The number of ether oxygens (including phenoxy) is 1. The molecule has 0 aliphatic heterocycles. The molecule has 0 fully saturated rings. The zero-order valence-electron chi connectivity index (χ0n) is 14.9. The maximum absolute atomic E-state index is 12.3. The number of sulfonamides is 1. The van der Waals surface area contributed by atoms with E-state index in [1.54, 1.807) is 12.1 Å². The number of carbonyl (C=O) groups excluding carboxylic acids is 1. The minimum absolute atomic E-state index is 0.114. The maximum atomic E-state index is 12.3. The minimum Gasteiger partial charge on any atom is -0.460 e. The molecule has 0 radical (unpaired) electrons. The number of nitrogens with one attached hydrogen (secondary N) is 1. The van der Waals surface area contributed by atoms with Gasteiger partial charge < -0.3 is 4.74 Å². The first-order valence-corrected chi connectivity index (χ1v) is 9.49. The molecule has 0 unspecified atom stereocenters. The van der Waals surface area contributed by atoms with E-state index < -0.39 is 22.0 Å².